The summed E-state index contributed by atoms with van der Waals surface area (Å²) in [5, 5.41) is 18.6. The lowest BCUT2D eigenvalue weighted by Crippen LogP contribution is -2.48. The zero-order chi connectivity index (χ0) is 22.6. The van der Waals surface area contributed by atoms with E-state index in [0.717, 1.165) is 35.2 Å². The first kappa shape index (κ1) is 21.0. The highest BCUT2D eigenvalue weighted by Gasteiger charge is 2.45. The van der Waals surface area contributed by atoms with Crippen LogP contribution >= 0.6 is 11.8 Å². The number of hydrogen-bond acceptors (Lipinski definition) is 4. The number of rotatable bonds is 1. The van der Waals surface area contributed by atoms with Crippen molar-refractivity contribution in [3.63, 3.8) is 0 Å². The minimum absolute atomic E-state index is 0.0356. The maximum absolute atomic E-state index is 13.9. The molecule has 5 nitrogen and oxygen atoms in total. The van der Waals surface area contributed by atoms with Crippen molar-refractivity contribution < 1.29 is 23.1 Å². The third kappa shape index (κ3) is 3.37. The molecule has 166 valence electrons. The number of carbonyl (C=O) groups is 1. The van der Waals surface area contributed by atoms with Crippen molar-refractivity contribution >= 4 is 23.5 Å². The first-order chi connectivity index (χ1) is 15.3. The van der Waals surface area contributed by atoms with Crippen LogP contribution < -0.4 is 4.90 Å². The Hall–Kier alpha value is -2.86. The summed E-state index contributed by atoms with van der Waals surface area (Å²) in [5.74, 6) is 1.55. The number of halogens is 3. The first-order valence-corrected chi connectivity index (χ1v) is 11.5. The molecule has 32 heavy (non-hydrogen) atoms. The average molecular weight is 459 g/mol. The Morgan fingerprint density at radius 1 is 1.22 bits per heavy atom. The van der Waals surface area contributed by atoms with Gasteiger partial charge in [-0.3, -0.25) is 0 Å². The highest BCUT2D eigenvalue weighted by Crippen LogP contribution is 2.50. The summed E-state index contributed by atoms with van der Waals surface area (Å²) in [5.41, 5.74) is 2.65. The molecule has 0 spiro atoms. The molecule has 3 aliphatic rings. The molecule has 9 heteroatoms. The van der Waals surface area contributed by atoms with Crippen LogP contribution in [0.25, 0.3) is 11.1 Å². The van der Waals surface area contributed by atoms with E-state index in [1.807, 2.05) is 12.1 Å². The number of nitrogens with zero attached hydrogens (tertiary/aromatic N) is 3. The number of carboxylic acid groups (broad SMARTS) is 1. The van der Waals surface area contributed by atoms with Gasteiger partial charge in [0, 0.05) is 48.8 Å². The van der Waals surface area contributed by atoms with E-state index in [0.29, 0.717) is 30.8 Å². The largest absolute Gasteiger partial charge is 0.465 e. The fourth-order valence-corrected chi connectivity index (χ4v) is 6.21. The van der Waals surface area contributed by atoms with Gasteiger partial charge in [-0.05, 0) is 52.9 Å². The molecule has 0 unspecified atom stereocenters. The normalized spacial score (nSPS) is 22.1. The van der Waals surface area contributed by atoms with Gasteiger partial charge in [-0.15, -0.1) is 0 Å². The van der Waals surface area contributed by atoms with Crippen molar-refractivity contribution in [1.82, 2.24) is 4.90 Å². The Bertz CT molecular complexity index is 1140. The molecule has 3 aliphatic heterocycles. The molecule has 0 saturated carbocycles. The Labute approximate surface area is 187 Å². The summed E-state index contributed by atoms with van der Waals surface area (Å²) < 4.78 is 41.6. The molecule has 2 aromatic carbocycles. The first-order valence-electron chi connectivity index (χ1n) is 10.4. The highest BCUT2D eigenvalue weighted by molar-refractivity contribution is 7.98. The average Bonchev–Trinajstić information content (AvgIpc) is 2.92. The summed E-state index contributed by atoms with van der Waals surface area (Å²) >= 11 is 1.76. The number of alkyl halides is 3. The number of fused-ring (bicyclic) bond motifs is 3. The SMILES string of the molecule is N#Cc1ccc(-c2cc3c4c(c2)[C@@H]2CN(C(=O)O)CC[C@@H]2N4CCSC3)c(C(F)(F)F)c1. The minimum Gasteiger partial charge on any atom is -0.465 e. The van der Waals surface area contributed by atoms with E-state index in [1.54, 1.807) is 17.8 Å². The predicted molar refractivity (Wildman–Crippen MR) is 116 cm³/mol. The van der Waals surface area contributed by atoms with E-state index in [9.17, 15) is 23.1 Å². The number of piperidine rings is 1. The lowest BCUT2D eigenvalue weighted by Gasteiger charge is -2.37. The standard InChI is InChI=1S/C23H20F3N3O2S/c24-23(25,26)19-7-13(10-27)1-2-16(19)14-8-15-12-32-6-5-29-20-3-4-28(22(30)31)11-18(20)17(9-14)21(15)29/h1-2,7-9,18,20H,3-6,11-12H2,(H,30,31)/t18-,20-/m0/s1. The van der Waals surface area contributed by atoms with E-state index in [4.69, 9.17) is 5.26 Å². The molecule has 5 rings (SSSR count). The van der Waals surface area contributed by atoms with Crippen LogP contribution in [-0.2, 0) is 11.9 Å². The molecule has 0 bridgehead atoms. The zero-order valence-electron chi connectivity index (χ0n) is 17.0. The van der Waals surface area contributed by atoms with Crippen molar-refractivity contribution in [2.45, 2.75) is 30.3 Å². The molecule has 3 heterocycles. The van der Waals surface area contributed by atoms with Crippen LogP contribution in [0.4, 0.5) is 23.7 Å². The highest BCUT2D eigenvalue weighted by atomic mass is 32.2. The quantitative estimate of drug-likeness (QED) is 0.639. The van der Waals surface area contributed by atoms with Crippen LogP contribution in [-0.4, -0.2) is 47.5 Å². The molecule has 2 atom stereocenters. The molecule has 2 aromatic rings. The second kappa shape index (κ2) is 7.62. The van der Waals surface area contributed by atoms with Gasteiger partial charge in [0.05, 0.1) is 17.2 Å². The molecule has 1 saturated heterocycles. The monoisotopic (exact) mass is 459 g/mol. The smallest absolute Gasteiger partial charge is 0.417 e. The summed E-state index contributed by atoms with van der Waals surface area (Å²) in [6.07, 6.45) is -4.85. The van der Waals surface area contributed by atoms with Gasteiger partial charge in [0.1, 0.15) is 0 Å². The van der Waals surface area contributed by atoms with E-state index in [1.165, 1.54) is 17.0 Å². The second-order valence-corrected chi connectivity index (χ2v) is 9.49. The number of hydrogen-bond donors (Lipinski definition) is 1. The molecule has 1 amide bonds. The predicted octanol–water partition coefficient (Wildman–Crippen LogP) is 5.15. The van der Waals surface area contributed by atoms with Crippen LogP contribution in [0.2, 0.25) is 0 Å². The van der Waals surface area contributed by atoms with Crippen LogP contribution in [0.3, 0.4) is 0 Å². The van der Waals surface area contributed by atoms with Gasteiger partial charge < -0.3 is 14.9 Å². The number of benzene rings is 2. The van der Waals surface area contributed by atoms with Crippen molar-refractivity contribution in [2.24, 2.45) is 0 Å². The summed E-state index contributed by atoms with van der Waals surface area (Å²) in [4.78, 5) is 15.4. The Morgan fingerprint density at radius 2 is 2.03 bits per heavy atom. The van der Waals surface area contributed by atoms with Crippen molar-refractivity contribution in [3.05, 3.63) is 52.6 Å². The van der Waals surface area contributed by atoms with Crippen LogP contribution in [0.15, 0.2) is 30.3 Å². The van der Waals surface area contributed by atoms with Gasteiger partial charge in [0.15, 0.2) is 0 Å². The lowest BCUT2D eigenvalue weighted by atomic mass is 9.86. The van der Waals surface area contributed by atoms with E-state index in [2.05, 4.69) is 4.90 Å². The molecular weight excluding hydrogens is 439 g/mol. The number of anilines is 1. The Balaban J connectivity index is 1.68. The minimum atomic E-state index is -4.59. The van der Waals surface area contributed by atoms with Gasteiger partial charge in [-0.25, -0.2) is 4.79 Å². The van der Waals surface area contributed by atoms with Gasteiger partial charge in [-0.2, -0.15) is 30.2 Å². The Morgan fingerprint density at radius 3 is 2.75 bits per heavy atom. The summed E-state index contributed by atoms with van der Waals surface area (Å²) in [6.45, 7) is 1.66. The third-order valence-corrected chi connectivity index (χ3v) is 7.64. The van der Waals surface area contributed by atoms with E-state index in [-0.39, 0.29) is 23.1 Å². The Kier molecular flexibility index (Phi) is 5.01. The van der Waals surface area contributed by atoms with Gasteiger partial charge in [0.2, 0.25) is 0 Å². The van der Waals surface area contributed by atoms with Crippen molar-refractivity contribution in [3.8, 4) is 17.2 Å². The van der Waals surface area contributed by atoms with E-state index < -0.39 is 17.8 Å². The lowest BCUT2D eigenvalue weighted by molar-refractivity contribution is -0.137. The molecule has 1 N–H and O–H groups in total. The zero-order valence-corrected chi connectivity index (χ0v) is 17.8. The number of amides is 1. The van der Waals surface area contributed by atoms with Gasteiger partial charge >= 0.3 is 12.3 Å². The molecule has 0 aromatic heterocycles. The molecule has 1 fully saturated rings. The molecule has 0 aliphatic carbocycles. The van der Waals surface area contributed by atoms with Crippen LogP contribution in [0.1, 0.15) is 34.6 Å². The summed E-state index contributed by atoms with van der Waals surface area (Å²) in [6, 6.07) is 9.28. The maximum atomic E-state index is 13.9. The number of nitriles is 1. The molecule has 0 radical (unpaired) electrons. The van der Waals surface area contributed by atoms with Crippen LogP contribution in [0, 0.1) is 11.3 Å². The second-order valence-electron chi connectivity index (χ2n) is 8.38. The third-order valence-electron chi connectivity index (χ3n) is 6.65. The van der Waals surface area contributed by atoms with Gasteiger partial charge in [-0.1, -0.05) is 6.07 Å². The summed E-state index contributed by atoms with van der Waals surface area (Å²) in [7, 11) is 0. The fourth-order valence-electron chi connectivity index (χ4n) is 5.30. The molecular formula is C23H20F3N3O2S. The van der Waals surface area contributed by atoms with Crippen LogP contribution in [0.5, 0.6) is 0 Å². The maximum Gasteiger partial charge on any atom is 0.417 e. The van der Waals surface area contributed by atoms with Gasteiger partial charge in [0.25, 0.3) is 0 Å². The van der Waals surface area contributed by atoms with Crippen molar-refractivity contribution in [1.29, 1.82) is 5.26 Å². The number of thioether (sulfide) groups is 1. The number of likely N-dealkylation sites (tertiary alicyclic amines) is 1. The van der Waals surface area contributed by atoms with E-state index >= 15 is 0 Å². The topological polar surface area (TPSA) is 67.6 Å². The fraction of sp³-hybridized carbons (Fsp3) is 0.391. The van der Waals surface area contributed by atoms with Crippen molar-refractivity contribution in [2.75, 3.05) is 30.3 Å².